The van der Waals surface area contributed by atoms with Crippen LogP contribution in [0, 0.1) is 35.5 Å². The Morgan fingerprint density at radius 2 is 1.37 bits per heavy atom. The number of hydrogen-bond donors (Lipinski definition) is 1. The molecule has 156 valence electrons. The summed E-state index contributed by atoms with van der Waals surface area (Å²) in [5.74, 6) is 4.52. The summed E-state index contributed by atoms with van der Waals surface area (Å²) >= 11 is 0. The second-order valence-corrected chi connectivity index (χ2v) is 10.2. The smallest absolute Gasteiger partial charge is 0.154 e. The molecule has 1 N–H and O–H groups in total. The topological polar surface area (TPSA) is 38.7 Å². The molecule has 27 heavy (non-hydrogen) atoms. The molecule has 9 unspecified atom stereocenters. The molecule has 4 fully saturated rings. The van der Waals surface area contributed by atoms with Gasteiger partial charge in [0, 0.05) is 7.11 Å². The monoisotopic (exact) mass is 378 g/mol. The minimum absolute atomic E-state index is 0.0752. The lowest BCUT2D eigenvalue weighted by atomic mass is 9.57. The molecule has 0 amide bonds. The molecular weight excluding hydrogens is 336 g/mol. The highest BCUT2D eigenvalue weighted by atomic mass is 16.7. The van der Waals surface area contributed by atoms with Crippen LogP contribution in [0.4, 0.5) is 0 Å². The first kappa shape index (κ1) is 20.2. The number of aliphatic hydroxyl groups excluding tert-OH is 1. The zero-order valence-electron chi connectivity index (χ0n) is 17.7. The van der Waals surface area contributed by atoms with Gasteiger partial charge in [-0.05, 0) is 87.4 Å². The molecule has 0 aliphatic heterocycles. The molecule has 0 aromatic heterocycles. The summed E-state index contributed by atoms with van der Waals surface area (Å²) in [6, 6.07) is 0. The van der Waals surface area contributed by atoms with Gasteiger partial charge in [0.05, 0.1) is 12.2 Å². The van der Waals surface area contributed by atoms with E-state index in [-0.39, 0.29) is 12.4 Å². The largest absolute Gasteiger partial charge is 0.393 e. The number of fused-ring (bicyclic) bond motifs is 2. The van der Waals surface area contributed by atoms with Crippen LogP contribution in [0.1, 0.15) is 90.4 Å². The number of rotatable bonds is 5. The summed E-state index contributed by atoms with van der Waals surface area (Å²) in [7, 11) is 1.75. The van der Waals surface area contributed by atoms with Crippen LogP contribution >= 0.6 is 0 Å². The van der Waals surface area contributed by atoms with Crippen LogP contribution in [0.3, 0.4) is 0 Å². The molecule has 4 aliphatic rings. The van der Waals surface area contributed by atoms with Crippen molar-refractivity contribution >= 4 is 0 Å². The maximum Gasteiger partial charge on any atom is 0.154 e. The van der Waals surface area contributed by atoms with Gasteiger partial charge >= 0.3 is 0 Å². The number of methoxy groups -OCH3 is 1. The Kier molecular flexibility index (Phi) is 6.82. The molecule has 4 saturated carbocycles. The maximum absolute atomic E-state index is 11.0. The van der Waals surface area contributed by atoms with Gasteiger partial charge in [0.25, 0.3) is 0 Å². The van der Waals surface area contributed by atoms with Gasteiger partial charge in [0.15, 0.2) is 6.29 Å². The van der Waals surface area contributed by atoms with Crippen LogP contribution in [-0.4, -0.2) is 30.7 Å². The van der Waals surface area contributed by atoms with Crippen LogP contribution in [-0.2, 0) is 9.47 Å². The Morgan fingerprint density at radius 3 is 2.04 bits per heavy atom. The highest BCUT2D eigenvalue weighted by molar-refractivity contribution is 4.96. The predicted octanol–water partition coefficient (Wildman–Crippen LogP) is 5.55. The normalized spacial score (nSPS) is 46.3. The van der Waals surface area contributed by atoms with Crippen molar-refractivity contribution < 1.29 is 14.6 Å². The molecule has 0 bridgehead atoms. The summed E-state index contributed by atoms with van der Waals surface area (Å²) in [5.41, 5.74) is 0. The summed E-state index contributed by atoms with van der Waals surface area (Å²) in [5, 5.41) is 11.0. The average molecular weight is 379 g/mol. The Labute approximate surface area is 166 Å². The van der Waals surface area contributed by atoms with Gasteiger partial charge in [-0.1, -0.05) is 38.5 Å². The predicted molar refractivity (Wildman–Crippen MR) is 108 cm³/mol. The van der Waals surface area contributed by atoms with Crippen molar-refractivity contribution in [1.29, 1.82) is 0 Å². The third-order valence-electron chi connectivity index (χ3n) is 8.91. The van der Waals surface area contributed by atoms with Crippen molar-refractivity contribution in [2.75, 3.05) is 7.11 Å². The lowest BCUT2D eigenvalue weighted by Gasteiger charge is -2.50. The number of ether oxygens (including phenoxy) is 2. The Balaban J connectivity index is 1.52. The fourth-order valence-electron chi connectivity index (χ4n) is 7.51. The molecular formula is C24H42O3. The summed E-state index contributed by atoms with van der Waals surface area (Å²) < 4.78 is 11.9. The van der Waals surface area contributed by atoms with Crippen molar-refractivity contribution in [1.82, 2.24) is 0 Å². The fraction of sp³-hybridized carbons (Fsp3) is 1.00. The quantitative estimate of drug-likeness (QED) is 0.638. The first-order chi connectivity index (χ1) is 13.2. The Bertz CT molecular complexity index is 467. The van der Waals surface area contributed by atoms with Crippen molar-refractivity contribution in [3.63, 3.8) is 0 Å². The lowest BCUT2D eigenvalue weighted by molar-refractivity contribution is -0.185. The number of aliphatic hydroxyl groups is 1. The van der Waals surface area contributed by atoms with Gasteiger partial charge in [-0.2, -0.15) is 0 Å². The van der Waals surface area contributed by atoms with Gasteiger partial charge in [-0.25, -0.2) is 0 Å². The first-order valence-electron chi connectivity index (χ1n) is 12.0. The SMILES string of the molecule is COC(C)OC1CCC2CCCCC2C1CC1C(O)CCC2CCCCC21. The van der Waals surface area contributed by atoms with E-state index in [0.29, 0.717) is 17.9 Å². The van der Waals surface area contributed by atoms with E-state index in [1.54, 1.807) is 7.11 Å². The van der Waals surface area contributed by atoms with Gasteiger partial charge in [-0.3, -0.25) is 0 Å². The molecule has 0 aromatic carbocycles. The van der Waals surface area contributed by atoms with Gasteiger partial charge in [-0.15, -0.1) is 0 Å². The van der Waals surface area contributed by atoms with E-state index in [1.165, 1.54) is 77.0 Å². The second kappa shape index (κ2) is 9.13. The van der Waals surface area contributed by atoms with E-state index < -0.39 is 0 Å². The van der Waals surface area contributed by atoms with E-state index in [1.807, 2.05) is 6.92 Å². The van der Waals surface area contributed by atoms with Crippen molar-refractivity contribution in [3.8, 4) is 0 Å². The fourth-order valence-corrected chi connectivity index (χ4v) is 7.51. The third kappa shape index (κ3) is 4.41. The standard InChI is InChI=1S/C24H42O3/c1-16(26-2)27-24-14-12-18-8-4-6-10-20(18)22(24)15-21-19-9-5-3-7-17(19)11-13-23(21)25/h16-25H,3-15H2,1-2H3. The van der Waals surface area contributed by atoms with Gasteiger partial charge in [0.2, 0.25) is 0 Å². The van der Waals surface area contributed by atoms with Gasteiger partial charge < -0.3 is 14.6 Å². The highest BCUT2D eigenvalue weighted by Gasteiger charge is 2.46. The molecule has 0 spiro atoms. The molecule has 0 heterocycles. The van der Waals surface area contributed by atoms with Crippen LogP contribution in [0.15, 0.2) is 0 Å². The molecule has 9 atom stereocenters. The van der Waals surface area contributed by atoms with Crippen LogP contribution in [0.2, 0.25) is 0 Å². The minimum Gasteiger partial charge on any atom is -0.393 e. The molecule has 0 saturated heterocycles. The molecule has 3 heteroatoms. The van der Waals surface area contributed by atoms with Crippen LogP contribution < -0.4 is 0 Å². The zero-order valence-corrected chi connectivity index (χ0v) is 17.7. The second-order valence-electron chi connectivity index (χ2n) is 10.2. The van der Waals surface area contributed by atoms with Crippen LogP contribution in [0.25, 0.3) is 0 Å². The summed E-state index contributed by atoms with van der Waals surface area (Å²) in [4.78, 5) is 0. The molecule has 4 aliphatic carbocycles. The Hall–Kier alpha value is -0.120. The number of hydrogen-bond acceptors (Lipinski definition) is 3. The molecule has 0 aromatic rings. The maximum atomic E-state index is 11.0. The third-order valence-corrected chi connectivity index (χ3v) is 8.91. The van der Waals surface area contributed by atoms with E-state index in [0.717, 1.165) is 30.1 Å². The zero-order chi connectivity index (χ0) is 18.8. The van der Waals surface area contributed by atoms with Gasteiger partial charge in [0.1, 0.15) is 0 Å². The minimum atomic E-state index is -0.114. The van der Waals surface area contributed by atoms with E-state index in [2.05, 4.69) is 0 Å². The highest BCUT2D eigenvalue weighted by Crippen LogP contribution is 2.51. The average Bonchev–Trinajstić information content (AvgIpc) is 2.71. The summed E-state index contributed by atoms with van der Waals surface area (Å²) in [6.07, 6.45) is 17.3. The van der Waals surface area contributed by atoms with E-state index >= 15 is 0 Å². The Morgan fingerprint density at radius 1 is 0.778 bits per heavy atom. The molecule has 0 radical (unpaired) electrons. The lowest BCUT2D eigenvalue weighted by Crippen LogP contribution is -2.47. The van der Waals surface area contributed by atoms with Crippen molar-refractivity contribution in [2.45, 2.75) is 109 Å². The molecule has 4 rings (SSSR count). The molecule has 3 nitrogen and oxygen atoms in total. The van der Waals surface area contributed by atoms with Crippen LogP contribution in [0.5, 0.6) is 0 Å². The van der Waals surface area contributed by atoms with Crippen molar-refractivity contribution in [3.05, 3.63) is 0 Å². The van der Waals surface area contributed by atoms with E-state index in [4.69, 9.17) is 9.47 Å². The van der Waals surface area contributed by atoms with Crippen molar-refractivity contribution in [2.24, 2.45) is 35.5 Å². The van der Waals surface area contributed by atoms with E-state index in [9.17, 15) is 5.11 Å². The summed E-state index contributed by atoms with van der Waals surface area (Å²) in [6.45, 7) is 2.04. The first-order valence-corrected chi connectivity index (χ1v) is 12.0.